The highest BCUT2D eigenvalue weighted by atomic mass is 79.9. The number of halogens is 1. The number of methoxy groups -OCH3 is 1. The number of rotatable bonds is 6. The number of aliphatic carboxylic acids is 1. The first-order chi connectivity index (χ1) is 8.68. The van der Waals surface area contributed by atoms with E-state index in [0.29, 0.717) is 6.42 Å². The molecule has 0 radical (unpaired) electrons. The number of hydrogen-bond acceptors (Lipinski definition) is 3. The van der Waals surface area contributed by atoms with Crippen LogP contribution in [0.5, 0.6) is 0 Å². The Morgan fingerprint density at radius 3 is 2.26 bits per heavy atom. The SMILES string of the molecule is COC(C)(C)CC(C)(Nc1ccc(Br)cc1)C(=O)O. The predicted octanol–water partition coefficient (Wildman–Crippen LogP) is 3.52. The molecule has 2 N–H and O–H groups in total. The van der Waals surface area contributed by atoms with Crippen molar-refractivity contribution in [3.05, 3.63) is 28.7 Å². The molecule has 0 saturated carbocycles. The number of anilines is 1. The number of carboxylic acids is 1. The standard InChI is InChI=1S/C14H20BrNO3/c1-13(2,19-4)9-14(3,12(17)18)16-11-7-5-10(15)6-8-11/h5-8,16H,9H2,1-4H3,(H,17,18). The number of benzene rings is 1. The summed E-state index contributed by atoms with van der Waals surface area (Å²) < 4.78 is 6.28. The van der Waals surface area contributed by atoms with E-state index in [4.69, 9.17) is 4.74 Å². The summed E-state index contributed by atoms with van der Waals surface area (Å²) in [4.78, 5) is 11.6. The van der Waals surface area contributed by atoms with Crippen LogP contribution < -0.4 is 5.32 Å². The summed E-state index contributed by atoms with van der Waals surface area (Å²) in [5, 5.41) is 12.6. The molecule has 1 unspecified atom stereocenters. The van der Waals surface area contributed by atoms with Gasteiger partial charge in [-0.3, -0.25) is 0 Å². The number of nitrogens with one attached hydrogen (secondary N) is 1. The van der Waals surface area contributed by atoms with Gasteiger partial charge in [0.1, 0.15) is 5.54 Å². The van der Waals surface area contributed by atoms with E-state index in [0.717, 1.165) is 10.2 Å². The van der Waals surface area contributed by atoms with Gasteiger partial charge in [0, 0.05) is 23.7 Å². The van der Waals surface area contributed by atoms with E-state index in [9.17, 15) is 9.90 Å². The Hall–Kier alpha value is -1.07. The molecule has 0 spiro atoms. The number of carboxylic acid groups (broad SMARTS) is 1. The Morgan fingerprint density at radius 1 is 1.32 bits per heavy atom. The average molecular weight is 330 g/mol. The van der Waals surface area contributed by atoms with Crippen molar-refractivity contribution in [2.45, 2.75) is 38.3 Å². The zero-order valence-electron chi connectivity index (χ0n) is 11.7. The highest BCUT2D eigenvalue weighted by Gasteiger charge is 2.39. The Kier molecular flexibility index (Phi) is 4.98. The van der Waals surface area contributed by atoms with Crippen LogP contribution in [-0.2, 0) is 9.53 Å². The van der Waals surface area contributed by atoms with Crippen LogP contribution in [0.4, 0.5) is 5.69 Å². The van der Waals surface area contributed by atoms with Crippen molar-refractivity contribution in [1.29, 1.82) is 0 Å². The fourth-order valence-corrected chi connectivity index (χ4v) is 2.21. The fraction of sp³-hybridized carbons (Fsp3) is 0.500. The molecule has 0 aromatic heterocycles. The Balaban J connectivity index is 2.94. The monoisotopic (exact) mass is 329 g/mol. The van der Waals surface area contributed by atoms with Crippen molar-refractivity contribution in [3.63, 3.8) is 0 Å². The van der Waals surface area contributed by atoms with E-state index >= 15 is 0 Å². The normalized spacial score (nSPS) is 14.8. The molecule has 5 heteroatoms. The molecule has 0 bridgehead atoms. The van der Waals surface area contributed by atoms with E-state index in [1.54, 1.807) is 14.0 Å². The smallest absolute Gasteiger partial charge is 0.329 e. The minimum atomic E-state index is -1.09. The molecule has 0 saturated heterocycles. The Bertz CT molecular complexity index is 445. The summed E-state index contributed by atoms with van der Waals surface area (Å²) >= 11 is 3.35. The van der Waals surface area contributed by atoms with Crippen LogP contribution >= 0.6 is 15.9 Å². The zero-order valence-corrected chi connectivity index (χ0v) is 13.2. The first kappa shape index (κ1) is 16.0. The molecule has 0 aliphatic carbocycles. The summed E-state index contributed by atoms with van der Waals surface area (Å²) in [5.74, 6) is -0.902. The quantitative estimate of drug-likeness (QED) is 0.838. The van der Waals surface area contributed by atoms with E-state index in [2.05, 4.69) is 21.2 Å². The van der Waals surface area contributed by atoms with Crippen molar-refractivity contribution in [3.8, 4) is 0 Å². The molecule has 0 amide bonds. The van der Waals surface area contributed by atoms with Gasteiger partial charge in [-0.05, 0) is 45.0 Å². The van der Waals surface area contributed by atoms with E-state index in [1.807, 2.05) is 38.1 Å². The average Bonchev–Trinajstić information content (AvgIpc) is 2.31. The first-order valence-corrected chi connectivity index (χ1v) is 6.80. The molecule has 106 valence electrons. The molecule has 0 aliphatic rings. The maximum absolute atomic E-state index is 11.6. The van der Waals surface area contributed by atoms with Gasteiger partial charge in [0.05, 0.1) is 5.60 Å². The molecule has 1 rings (SSSR count). The third-order valence-corrected chi connectivity index (χ3v) is 3.60. The largest absolute Gasteiger partial charge is 0.480 e. The second kappa shape index (κ2) is 5.92. The third-order valence-electron chi connectivity index (χ3n) is 3.07. The summed E-state index contributed by atoms with van der Waals surface area (Å²) in [6.07, 6.45) is 0.349. The van der Waals surface area contributed by atoms with Crippen molar-refractivity contribution in [2.75, 3.05) is 12.4 Å². The van der Waals surface area contributed by atoms with Crippen LogP contribution in [0.1, 0.15) is 27.2 Å². The third kappa shape index (κ3) is 4.51. The van der Waals surface area contributed by atoms with E-state index in [-0.39, 0.29) is 0 Å². The second-order valence-corrected chi connectivity index (χ2v) is 6.33. The lowest BCUT2D eigenvalue weighted by Gasteiger charge is -2.35. The molecular weight excluding hydrogens is 310 g/mol. The molecule has 1 aromatic rings. The van der Waals surface area contributed by atoms with Gasteiger partial charge in [-0.25, -0.2) is 4.79 Å². The number of hydrogen-bond donors (Lipinski definition) is 2. The van der Waals surface area contributed by atoms with Gasteiger partial charge in [-0.2, -0.15) is 0 Å². The van der Waals surface area contributed by atoms with Crippen molar-refractivity contribution in [2.24, 2.45) is 0 Å². The van der Waals surface area contributed by atoms with Crippen molar-refractivity contribution >= 4 is 27.6 Å². The molecule has 1 atom stereocenters. The van der Waals surface area contributed by atoms with Gasteiger partial charge in [0.25, 0.3) is 0 Å². The topological polar surface area (TPSA) is 58.6 Å². The summed E-state index contributed by atoms with van der Waals surface area (Å²) in [6.45, 7) is 5.41. The predicted molar refractivity (Wildman–Crippen MR) is 79.5 cm³/mol. The minimum Gasteiger partial charge on any atom is -0.480 e. The van der Waals surface area contributed by atoms with Crippen molar-refractivity contribution < 1.29 is 14.6 Å². The van der Waals surface area contributed by atoms with Crippen LogP contribution in [0.15, 0.2) is 28.7 Å². The first-order valence-electron chi connectivity index (χ1n) is 6.01. The second-order valence-electron chi connectivity index (χ2n) is 5.41. The Labute approximate surface area is 122 Å². The lowest BCUT2D eigenvalue weighted by molar-refractivity contribution is -0.144. The minimum absolute atomic E-state index is 0.349. The Morgan fingerprint density at radius 2 is 1.84 bits per heavy atom. The lowest BCUT2D eigenvalue weighted by atomic mass is 9.87. The summed E-state index contributed by atoms with van der Waals surface area (Å²) in [7, 11) is 1.59. The van der Waals surface area contributed by atoms with Crippen LogP contribution in [0, 0.1) is 0 Å². The van der Waals surface area contributed by atoms with Gasteiger partial charge in [0.15, 0.2) is 0 Å². The molecular formula is C14H20BrNO3. The molecule has 0 fully saturated rings. The van der Waals surface area contributed by atoms with Gasteiger partial charge >= 0.3 is 5.97 Å². The molecule has 1 aromatic carbocycles. The van der Waals surface area contributed by atoms with Crippen LogP contribution in [-0.4, -0.2) is 29.3 Å². The van der Waals surface area contributed by atoms with E-state index in [1.165, 1.54) is 0 Å². The fourth-order valence-electron chi connectivity index (χ4n) is 1.95. The van der Waals surface area contributed by atoms with Gasteiger partial charge < -0.3 is 15.2 Å². The van der Waals surface area contributed by atoms with Gasteiger partial charge in [-0.1, -0.05) is 15.9 Å². The van der Waals surface area contributed by atoms with E-state index < -0.39 is 17.1 Å². The maximum atomic E-state index is 11.6. The van der Waals surface area contributed by atoms with Crippen LogP contribution in [0.3, 0.4) is 0 Å². The van der Waals surface area contributed by atoms with Crippen LogP contribution in [0.2, 0.25) is 0 Å². The highest BCUT2D eigenvalue weighted by molar-refractivity contribution is 9.10. The highest BCUT2D eigenvalue weighted by Crippen LogP contribution is 2.27. The lowest BCUT2D eigenvalue weighted by Crippen LogP contribution is -2.49. The van der Waals surface area contributed by atoms with Gasteiger partial charge in [-0.15, -0.1) is 0 Å². The maximum Gasteiger partial charge on any atom is 0.329 e. The van der Waals surface area contributed by atoms with Gasteiger partial charge in [0.2, 0.25) is 0 Å². The molecule has 0 aliphatic heterocycles. The molecule has 0 heterocycles. The molecule has 4 nitrogen and oxygen atoms in total. The number of carbonyl (C=O) groups is 1. The summed E-state index contributed by atoms with van der Waals surface area (Å²) in [6, 6.07) is 7.41. The summed E-state index contributed by atoms with van der Waals surface area (Å²) in [5.41, 5.74) is -0.844. The number of ether oxygens (including phenoxy) is 1. The van der Waals surface area contributed by atoms with Crippen molar-refractivity contribution in [1.82, 2.24) is 0 Å². The van der Waals surface area contributed by atoms with Crippen LogP contribution in [0.25, 0.3) is 0 Å². The molecule has 19 heavy (non-hydrogen) atoms. The zero-order chi connectivity index (χ0) is 14.7.